The molecule has 114 valence electrons. The quantitative estimate of drug-likeness (QED) is 0.620. The van der Waals surface area contributed by atoms with Crippen LogP contribution in [0.15, 0.2) is 40.2 Å². The van der Waals surface area contributed by atoms with E-state index in [-0.39, 0.29) is 11.3 Å². The van der Waals surface area contributed by atoms with Crippen molar-refractivity contribution >= 4 is 12.1 Å². The maximum atomic E-state index is 11.8. The molecule has 0 saturated carbocycles. The first-order valence-electron chi connectivity index (χ1n) is 6.25. The number of H-pyrrole nitrogens is 1. The van der Waals surface area contributed by atoms with Gasteiger partial charge in [-0.1, -0.05) is 0 Å². The number of rotatable bonds is 5. The number of nitrogens with zero attached hydrogens (tertiary/aromatic N) is 2. The van der Waals surface area contributed by atoms with Crippen molar-refractivity contribution in [1.29, 1.82) is 0 Å². The van der Waals surface area contributed by atoms with E-state index in [4.69, 9.17) is 9.47 Å². The monoisotopic (exact) mass is 302 g/mol. The number of carbonyl (C=O) groups excluding carboxylic acids is 1. The summed E-state index contributed by atoms with van der Waals surface area (Å²) in [5, 5.41) is 9.60. The molecule has 8 heteroatoms. The van der Waals surface area contributed by atoms with Crippen molar-refractivity contribution in [2.24, 2.45) is 5.10 Å². The minimum Gasteiger partial charge on any atom is -0.497 e. The third-order valence-electron chi connectivity index (χ3n) is 2.72. The molecule has 0 radical (unpaired) electrons. The zero-order chi connectivity index (χ0) is 15.9. The Labute approximate surface area is 125 Å². The van der Waals surface area contributed by atoms with E-state index in [2.05, 4.69) is 20.7 Å². The average molecular weight is 302 g/mol. The number of nitrogens with one attached hydrogen (secondary N) is 2. The van der Waals surface area contributed by atoms with Gasteiger partial charge in [-0.05, 0) is 24.3 Å². The maximum absolute atomic E-state index is 11.8. The molecule has 0 unspecified atom stereocenters. The smallest absolute Gasteiger partial charge is 0.291 e. The van der Waals surface area contributed by atoms with Crippen molar-refractivity contribution < 1.29 is 14.3 Å². The van der Waals surface area contributed by atoms with E-state index >= 15 is 0 Å². The first kappa shape index (κ1) is 15.2. The number of methoxy groups -OCH3 is 2. The molecule has 0 aliphatic rings. The van der Waals surface area contributed by atoms with E-state index in [0.717, 1.165) is 0 Å². The zero-order valence-electron chi connectivity index (χ0n) is 12.0. The van der Waals surface area contributed by atoms with Crippen molar-refractivity contribution in [2.45, 2.75) is 0 Å². The first-order chi connectivity index (χ1) is 10.6. The average Bonchev–Trinajstić information content (AvgIpc) is 2.55. The van der Waals surface area contributed by atoms with Crippen LogP contribution in [-0.4, -0.2) is 36.5 Å². The molecule has 22 heavy (non-hydrogen) atoms. The fourth-order valence-electron chi connectivity index (χ4n) is 1.63. The van der Waals surface area contributed by atoms with Crippen molar-refractivity contribution in [3.8, 4) is 11.5 Å². The van der Waals surface area contributed by atoms with Crippen LogP contribution in [0.3, 0.4) is 0 Å². The molecular formula is C14H14N4O4. The van der Waals surface area contributed by atoms with E-state index in [1.807, 2.05) is 0 Å². The van der Waals surface area contributed by atoms with Gasteiger partial charge in [0.1, 0.15) is 11.5 Å². The lowest BCUT2D eigenvalue weighted by atomic mass is 10.2. The van der Waals surface area contributed by atoms with E-state index < -0.39 is 5.91 Å². The zero-order valence-corrected chi connectivity index (χ0v) is 12.0. The Balaban J connectivity index is 2.10. The van der Waals surface area contributed by atoms with Crippen LogP contribution in [0.1, 0.15) is 16.1 Å². The van der Waals surface area contributed by atoms with Gasteiger partial charge >= 0.3 is 0 Å². The highest BCUT2D eigenvalue weighted by molar-refractivity contribution is 5.93. The van der Waals surface area contributed by atoms with Gasteiger partial charge in [-0.3, -0.25) is 9.59 Å². The SMILES string of the molecule is COc1ccc(OC)c(/C=N/NC(=O)c2ccc(=O)[nH]n2)c1. The predicted molar refractivity (Wildman–Crippen MR) is 79.5 cm³/mol. The molecule has 2 N–H and O–H groups in total. The summed E-state index contributed by atoms with van der Waals surface area (Å²) in [6.45, 7) is 0. The maximum Gasteiger partial charge on any atom is 0.291 e. The highest BCUT2D eigenvalue weighted by Gasteiger charge is 2.06. The number of amides is 1. The molecule has 1 aromatic carbocycles. The Hall–Kier alpha value is -3.16. The minimum absolute atomic E-state index is 0.0503. The fourth-order valence-corrected chi connectivity index (χ4v) is 1.63. The molecule has 0 saturated heterocycles. The third-order valence-corrected chi connectivity index (χ3v) is 2.72. The van der Waals surface area contributed by atoms with Gasteiger partial charge in [0.25, 0.3) is 11.5 Å². The summed E-state index contributed by atoms with van der Waals surface area (Å²) in [4.78, 5) is 22.6. The van der Waals surface area contributed by atoms with Crippen LogP contribution < -0.4 is 20.5 Å². The van der Waals surface area contributed by atoms with Crippen molar-refractivity contribution in [2.75, 3.05) is 14.2 Å². The second-order valence-corrected chi connectivity index (χ2v) is 4.11. The van der Waals surface area contributed by atoms with Crippen LogP contribution >= 0.6 is 0 Å². The minimum atomic E-state index is -0.547. The van der Waals surface area contributed by atoms with Gasteiger partial charge in [0, 0.05) is 11.6 Å². The number of hydrazone groups is 1. The van der Waals surface area contributed by atoms with Gasteiger partial charge in [0.2, 0.25) is 0 Å². The number of hydrogen-bond donors (Lipinski definition) is 2. The first-order valence-corrected chi connectivity index (χ1v) is 6.25. The van der Waals surface area contributed by atoms with Gasteiger partial charge in [0.15, 0.2) is 5.69 Å². The molecule has 0 aliphatic heterocycles. The number of aromatic nitrogens is 2. The number of benzene rings is 1. The van der Waals surface area contributed by atoms with Gasteiger partial charge in [-0.2, -0.15) is 10.2 Å². The Bertz CT molecular complexity index is 734. The molecule has 2 rings (SSSR count). The molecule has 1 aromatic heterocycles. The van der Waals surface area contributed by atoms with E-state index in [9.17, 15) is 9.59 Å². The van der Waals surface area contributed by atoms with Crippen LogP contribution in [0.2, 0.25) is 0 Å². The third kappa shape index (κ3) is 3.69. The second-order valence-electron chi connectivity index (χ2n) is 4.11. The van der Waals surface area contributed by atoms with Gasteiger partial charge in [-0.15, -0.1) is 0 Å². The molecule has 8 nitrogen and oxygen atoms in total. The highest BCUT2D eigenvalue weighted by Crippen LogP contribution is 2.22. The van der Waals surface area contributed by atoms with Crippen LogP contribution in [0.25, 0.3) is 0 Å². The summed E-state index contributed by atoms with van der Waals surface area (Å²) in [5.74, 6) is 0.672. The summed E-state index contributed by atoms with van der Waals surface area (Å²) >= 11 is 0. The predicted octanol–water partition coefficient (Wildman–Crippen LogP) is 0.551. The van der Waals surface area contributed by atoms with E-state index in [1.165, 1.54) is 25.5 Å². The van der Waals surface area contributed by atoms with Crippen LogP contribution in [0.5, 0.6) is 11.5 Å². The lowest BCUT2D eigenvalue weighted by Gasteiger charge is -2.06. The molecule has 1 heterocycles. The van der Waals surface area contributed by atoms with Gasteiger partial charge in [0.05, 0.1) is 20.4 Å². The van der Waals surface area contributed by atoms with Crippen molar-refractivity contribution in [3.63, 3.8) is 0 Å². The fraction of sp³-hybridized carbons (Fsp3) is 0.143. The number of hydrogen-bond acceptors (Lipinski definition) is 6. The Kier molecular flexibility index (Phi) is 4.86. The lowest BCUT2D eigenvalue weighted by Crippen LogP contribution is -2.21. The number of carbonyl (C=O) groups is 1. The normalized spacial score (nSPS) is 10.5. The largest absolute Gasteiger partial charge is 0.497 e. The van der Waals surface area contributed by atoms with Gasteiger partial charge < -0.3 is 9.47 Å². The van der Waals surface area contributed by atoms with E-state index in [1.54, 1.807) is 25.3 Å². The van der Waals surface area contributed by atoms with E-state index in [0.29, 0.717) is 17.1 Å². The summed E-state index contributed by atoms with van der Waals surface area (Å²) in [6.07, 6.45) is 1.42. The molecule has 0 aliphatic carbocycles. The molecule has 1 amide bonds. The summed E-state index contributed by atoms with van der Waals surface area (Å²) in [5.41, 5.74) is 2.60. The van der Waals surface area contributed by atoms with Crippen LogP contribution in [0, 0.1) is 0 Å². The Morgan fingerprint density at radius 1 is 1.27 bits per heavy atom. The molecule has 0 spiro atoms. The van der Waals surface area contributed by atoms with Crippen LogP contribution in [-0.2, 0) is 0 Å². The Morgan fingerprint density at radius 3 is 2.73 bits per heavy atom. The number of aromatic amines is 1. The van der Waals surface area contributed by atoms with Crippen LogP contribution in [0.4, 0.5) is 0 Å². The highest BCUT2D eigenvalue weighted by atomic mass is 16.5. The topological polar surface area (TPSA) is 106 Å². The standard InChI is InChI=1S/C14H14N4O4/c1-21-10-3-5-12(22-2)9(7-10)8-15-18-14(20)11-4-6-13(19)17-16-11/h3-8H,1-2H3,(H,17,19)(H,18,20)/b15-8+. The van der Waals surface area contributed by atoms with Gasteiger partial charge in [-0.25, -0.2) is 10.5 Å². The molecule has 0 atom stereocenters. The summed E-state index contributed by atoms with van der Waals surface area (Å²) in [7, 11) is 3.08. The molecule has 0 bridgehead atoms. The molecular weight excluding hydrogens is 288 g/mol. The van der Waals surface area contributed by atoms with Crippen molar-refractivity contribution in [3.05, 3.63) is 51.9 Å². The lowest BCUT2D eigenvalue weighted by molar-refractivity contribution is 0.0949. The molecule has 0 fully saturated rings. The van der Waals surface area contributed by atoms with Crippen molar-refractivity contribution in [1.82, 2.24) is 15.6 Å². The summed E-state index contributed by atoms with van der Waals surface area (Å²) < 4.78 is 10.3. The second kappa shape index (κ2) is 7.02. The Morgan fingerprint density at radius 2 is 2.09 bits per heavy atom. The molecule has 2 aromatic rings. The number of ether oxygens (including phenoxy) is 2. The summed E-state index contributed by atoms with van der Waals surface area (Å²) in [6, 6.07) is 7.70.